The van der Waals surface area contributed by atoms with Gasteiger partial charge in [-0.25, -0.2) is 0 Å². The molecule has 0 saturated heterocycles. The number of alkyl halides is 1. The molecule has 0 N–H and O–H groups in total. The predicted molar refractivity (Wildman–Crippen MR) is 116 cm³/mol. The molecule has 0 aromatic heterocycles. The highest BCUT2D eigenvalue weighted by Gasteiger charge is 2.46. The van der Waals surface area contributed by atoms with Crippen molar-refractivity contribution in [3.63, 3.8) is 0 Å². The van der Waals surface area contributed by atoms with Gasteiger partial charge in [-0.15, -0.1) is 0 Å². The Morgan fingerprint density at radius 2 is 1.08 bits per heavy atom. The van der Waals surface area contributed by atoms with Crippen LogP contribution < -0.4 is 0 Å². The third-order valence-corrected chi connectivity index (χ3v) is 9.54. The van der Waals surface area contributed by atoms with Crippen LogP contribution >= 0.6 is 15.9 Å². The van der Waals surface area contributed by atoms with Gasteiger partial charge in [0.2, 0.25) is 0 Å². The molecule has 0 heterocycles. The van der Waals surface area contributed by atoms with Crippen molar-refractivity contribution in [2.24, 2.45) is 11.8 Å². The second kappa shape index (κ2) is 8.80. The fraction of sp³-hybridized carbons (Fsp3) is 0.760. The van der Waals surface area contributed by atoms with Crippen molar-refractivity contribution in [3.05, 3.63) is 35.4 Å². The first-order chi connectivity index (χ1) is 12.8. The van der Waals surface area contributed by atoms with Crippen LogP contribution in [0.3, 0.4) is 0 Å². The molecule has 1 heteroatoms. The van der Waals surface area contributed by atoms with Crippen LogP contribution in [0.1, 0.15) is 113 Å². The molecule has 144 valence electrons. The molecule has 3 saturated carbocycles. The average Bonchev–Trinajstić information content (AvgIpc) is 2.75. The SMILES string of the molecule is BrC(c1ccccc1C1CCCCC1)(C1CCCCC1)C1CCCCC1. The van der Waals surface area contributed by atoms with Crippen LogP contribution in [0.15, 0.2) is 24.3 Å². The van der Waals surface area contributed by atoms with Crippen LogP contribution in [0.4, 0.5) is 0 Å². The van der Waals surface area contributed by atoms with Gasteiger partial charge < -0.3 is 0 Å². The van der Waals surface area contributed by atoms with E-state index < -0.39 is 0 Å². The summed E-state index contributed by atoms with van der Waals surface area (Å²) in [5, 5.41) is 0. The normalized spacial score (nSPS) is 24.7. The number of benzene rings is 1. The molecule has 4 rings (SSSR count). The van der Waals surface area contributed by atoms with Gasteiger partial charge in [-0.2, -0.15) is 0 Å². The summed E-state index contributed by atoms with van der Waals surface area (Å²) < 4.78 is 0.238. The molecule has 0 radical (unpaired) electrons. The van der Waals surface area contributed by atoms with Crippen molar-refractivity contribution in [1.29, 1.82) is 0 Å². The Bertz CT molecular complexity index is 541. The topological polar surface area (TPSA) is 0 Å². The zero-order valence-electron chi connectivity index (χ0n) is 16.5. The van der Waals surface area contributed by atoms with E-state index in [9.17, 15) is 0 Å². The number of rotatable bonds is 4. The van der Waals surface area contributed by atoms with Gasteiger partial charge in [0.15, 0.2) is 0 Å². The number of hydrogen-bond donors (Lipinski definition) is 0. The van der Waals surface area contributed by atoms with Gasteiger partial charge in [0.25, 0.3) is 0 Å². The standard InChI is InChI=1S/C25H37Br/c26-25(21-14-6-2-7-15-21,22-16-8-3-9-17-22)24-19-11-10-18-23(24)20-12-4-1-5-13-20/h10-11,18-22H,1-9,12-17H2. The highest BCUT2D eigenvalue weighted by molar-refractivity contribution is 9.09. The van der Waals surface area contributed by atoms with Gasteiger partial charge in [-0.05, 0) is 67.4 Å². The van der Waals surface area contributed by atoms with E-state index in [1.54, 1.807) is 11.1 Å². The summed E-state index contributed by atoms with van der Waals surface area (Å²) in [7, 11) is 0. The zero-order chi connectivity index (χ0) is 17.8. The minimum atomic E-state index is 0.238. The molecule has 0 nitrogen and oxygen atoms in total. The number of hydrogen-bond acceptors (Lipinski definition) is 0. The number of halogens is 1. The Balaban J connectivity index is 1.73. The second-order valence-electron chi connectivity index (χ2n) is 9.36. The van der Waals surface area contributed by atoms with E-state index in [4.69, 9.17) is 0 Å². The Hall–Kier alpha value is -0.300. The van der Waals surface area contributed by atoms with Gasteiger partial charge in [-0.1, -0.05) is 98.0 Å². The Kier molecular flexibility index (Phi) is 6.44. The van der Waals surface area contributed by atoms with Crippen LogP contribution in [0.25, 0.3) is 0 Å². The molecule has 0 amide bonds. The Morgan fingerprint density at radius 1 is 0.615 bits per heavy atom. The van der Waals surface area contributed by atoms with Gasteiger partial charge in [0.1, 0.15) is 0 Å². The summed E-state index contributed by atoms with van der Waals surface area (Å²) in [5.74, 6) is 2.48. The van der Waals surface area contributed by atoms with Gasteiger partial charge in [0, 0.05) is 0 Å². The molecule has 3 aliphatic rings. The lowest BCUT2D eigenvalue weighted by Gasteiger charge is -2.47. The average molecular weight is 417 g/mol. The smallest absolute Gasteiger partial charge is 0.0564 e. The summed E-state index contributed by atoms with van der Waals surface area (Å²) in [6.45, 7) is 0. The van der Waals surface area contributed by atoms with Gasteiger partial charge in [0.05, 0.1) is 4.32 Å². The molecule has 1 aromatic carbocycles. The van der Waals surface area contributed by atoms with Crippen molar-refractivity contribution < 1.29 is 0 Å². The summed E-state index contributed by atoms with van der Waals surface area (Å²) in [6, 6.07) is 9.64. The van der Waals surface area contributed by atoms with Crippen LogP contribution in [0.2, 0.25) is 0 Å². The molecule has 0 atom stereocenters. The molecule has 26 heavy (non-hydrogen) atoms. The molecular weight excluding hydrogens is 380 g/mol. The van der Waals surface area contributed by atoms with Crippen molar-refractivity contribution in [2.45, 2.75) is 107 Å². The molecule has 1 aromatic rings. The highest BCUT2D eigenvalue weighted by atomic mass is 79.9. The maximum Gasteiger partial charge on any atom is 0.0564 e. The largest absolute Gasteiger partial charge is 0.0795 e. The second-order valence-corrected chi connectivity index (χ2v) is 10.7. The van der Waals surface area contributed by atoms with Crippen LogP contribution in [0.5, 0.6) is 0 Å². The highest BCUT2D eigenvalue weighted by Crippen LogP contribution is 2.56. The van der Waals surface area contributed by atoms with E-state index in [1.807, 2.05) is 0 Å². The molecule has 0 aliphatic heterocycles. The summed E-state index contributed by atoms with van der Waals surface area (Å²) >= 11 is 4.53. The molecule has 0 unspecified atom stereocenters. The maximum atomic E-state index is 4.53. The molecular formula is C25H37Br. The monoisotopic (exact) mass is 416 g/mol. The lowest BCUT2D eigenvalue weighted by atomic mass is 9.65. The lowest BCUT2D eigenvalue weighted by Crippen LogP contribution is -2.40. The first-order valence-electron chi connectivity index (χ1n) is 11.6. The van der Waals surface area contributed by atoms with Gasteiger partial charge in [-0.3, -0.25) is 0 Å². The molecule has 0 spiro atoms. The van der Waals surface area contributed by atoms with E-state index in [0.29, 0.717) is 0 Å². The van der Waals surface area contributed by atoms with Crippen LogP contribution in [-0.4, -0.2) is 0 Å². The summed E-state index contributed by atoms with van der Waals surface area (Å²) in [4.78, 5) is 0. The quantitative estimate of drug-likeness (QED) is 0.431. The molecule has 0 bridgehead atoms. The summed E-state index contributed by atoms with van der Waals surface area (Å²) in [5.41, 5.74) is 3.41. The van der Waals surface area contributed by atoms with Crippen LogP contribution in [0, 0.1) is 11.8 Å². The van der Waals surface area contributed by atoms with Crippen molar-refractivity contribution in [3.8, 4) is 0 Å². The lowest BCUT2D eigenvalue weighted by molar-refractivity contribution is 0.179. The third-order valence-electron chi connectivity index (χ3n) is 7.82. The maximum absolute atomic E-state index is 4.53. The summed E-state index contributed by atoms with van der Waals surface area (Å²) in [6.07, 6.45) is 21.5. The zero-order valence-corrected chi connectivity index (χ0v) is 18.1. The molecule has 3 aliphatic carbocycles. The first-order valence-corrected chi connectivity index (χ1v) is 12.4. The third kappa shape index (κ3) is 3.80. The Labute approximate surface area is 169 Å². The van der Waals surface area contributed by atoms with E-state index in [0.717, 1.165) is 17.8 Å². The Morgan fingerprint density at radius 3 is 1.62 bits per heavy atom. The predicted octanol–water partition coefficient (Wildman–Crippen LogP) is 8.49. The van der Waals surface area contributed by atoms with E-state index in [1.165, 1.54) is 96.3 Å². The minimum absolute atomic E-state index is 0.238. The van der Waals surface area contributed by atoms with E-state index in [2.05, 4.69) is 40.2 Å². The first kappa shape index (κ1) is 19.0. The van der Waals surface area contributed by atoms with Crippen LogP contribution in [-0.2, 0) is 4.32 Å². The van der Waals surface area contributed by atoms with E-state index >= 15 is 0 Å². The van der Waals surface area contributed by atoms with E-state index in [-0.39, 0.29) is 4.32 Å². The van der Waals surface area contributed by atoms with Crippen molar-refractivity contribution in [2.75, 3.05) is 0 Å². The fourth-order valence-corrected chi connectivity index (χ4v) is 7.71. The van der Waals surface area contributed by atoms with Crippen molar-refractivity contribution in [1.82, 2.24) is 0 Å². The minimum Gasteiger partial charge on any atom is -0.0795 e. The fourth-order valence-electron chi connectivity index (χ4n) is 6.43. The van der Waals surface area contributed by atoms with Gasteiger partial charge >= 0.3 is 0 Å². The van der Waals surface area contributed by atoms with Crippen molar-refractivity contribution >= 4 is 15.9 Å². The molecule has 3 fully saturated rings.